The molecule has 37 heavy (non-hydrogen) atoms. The quantitative estimate of drug-likeness (QED) is 0.453. The second kappa shape index (κ2) is 11.8. The van der Waals surface area contributed by atoms with Crippen LogP contribution in [0.3, 0.4) is 0 Å². The average molecular weight is 510 g/mol. The van der Waals surface area contributed by atoms with Crippen molar-refractivity contribution in [2.45, 2.75) is 39.3 Å². The smallest absolute Gasteiger partial charge is 0.322 e. The van der Waals surface area contributed by atoms with Gasteiger partial charge in [-0.3, -0.25) is 9.59 Å². The van der Waals surface area contributed by atoms with Gasteiger partial charge in [0.1, 0.15) is 11.6 Å². The molecule has 3 aromatic rings. The molecule has 1 aliphatic rings. The number of primary amides is 1. The summed E-state index contributed by atoms with van der Waals surface area (Å²) in [5.41, 5.74) is 6.39. The highest BCUT2D eigenvalue weighted by molar-refractivity contribution is 5.92. The minimum Gasteiger partial charge on any atom is -0.454 e. The van der Waals surface area contributed by atoms with Gasteiger partial charge in [0.05, 0.1) is 18.8 Å². The lowest BCUT2D eigenvalue weighted by Crippen LogP contribution is -2.41. The molecule has 2 aromatic heterocycles. The van der Waals surface area contributed by atoms with Crippen LogP contribution in [0.4, 0.5) is 14.9 Å². The third-order valence-electron chi connectivity index (χ3n) is 6.56. The number of rotatable bonds is 9. The van der Waals surface area contributed by atoms with Crippen LogP contribution in [0.5, 0.6) is 0 Å². The summed E-state index contributed by atoms with van der Waals surface area (Å²) in [6.07, 6.45) is 3.73. The first-order valence-electron chi connectivity index (χ1n) is 12.5. The van der Waals surface area contributed by atoms with Crippen molar-refractivity contribution in [1.29, 1.82) is 0 Å². The van der Waals surface area contributed by atoms with E-state index in [1.165, 1.54) is 12.1 Å². The number of furan rings is 1. The van der Waals surface area contributed by atoms with E-state index in [1.807, 2.05) is 29.8 Å². The van der Waals surface area contributed by atoms with Crippen molar-refractivity contribution < 1.29 is 23.2 Å². The summed E-state index contributed by atoms with van der Waals surface area (Å²) in [5, 5.41) is 2.65. The number of likely N-dealkylation sites (tertiary alicyclic amines) is 1. The van der Waals surface area contributed by atoms with Gasteiger partial charge in [-0.05, 0) is 55.7 Å². The maximum Gasteiger partial charge on any atom is 0.322 e. The number of piperidine rings is 1. The van der Waals surface area contributed by atoms with Crippen molar-refractivity contribution >= 4 is 23.5 Å². The Balaban J connectivity index is 1.39. The number of nitrogens with two attached hydrogens (primary N) is 1. The van der Waals surface area contributed by atoms with Crippen molar-refractivity contribution in [3.63, 3.8) is 0 Å². The summed E-state index contributed by atoms with van der Waals surface area (Å²) in [4.78, 5) is 40.4. The number of benzene rings is 1. The second-order valence-corrected chi connectivity index (χ2v) is 9.19. The molecule has 0 unspecified atom stereocenters. The molecule has 196 valence electrons. The lowest BCUT2D eigenvalue weighted by atomic mass is 9.96. The summed E-state index contributed by atoms with van der Waals surface area (Å²) in [6.45, 7) is 4.10. The number of hydrogen-bond donors (Lipinski definition) is 2. The molecular formula is C27H32FN5O4. The normalized spacial score (nSPS) is 13.9. The number of nitrogens with zero attached hydrogens (tertiary/aromatic N) is 3. The molecule has 10 heteroatoms. The SMILES string of the molecule is CCCN(Cc1cccn1Cc1ccc(C(=O)N2CCC(C(N)=O)CC2)o1)C(=O)Nc1ccccc1F. The number of urea groups is 1. The zero-order chi connectivity index (χ0) is 26.4. The first kappa shape index (κ1) is 26.0. The van der Waals surface area contributed by atoms with E-state index >= 15 is 0 Å². The highest BCUT2D eigenvalue weighted by Gasteiger charge is 2.28. The summed E-state index contributed by atoms with van der Waals surface area (Å²) in [7, 11) is 0. The van der Waals surface area contributed by atoms with E-state index in [1.54, 1.807) is 34.1 Å². The number of para-hydroxylation sites is 1. The van der Waals surface area contributed by atoms with E-state index in [-0.39, 0.29) is 35.2 Å². The number of hydrogen-bond acceptors (Lipinski definition) is 4. The van der Waals surface area contributed by atoms with E-state index in [2.05, 4.69) is 5.32 Å². The van der Waals surface area contributed by atoms with Crippen LogP contribution in [-0.2, 0) is 17.9 Å². The monoisotopic (exact) mass is 509 g/mol. The first-order chi connectivity index (χ1) is 17.9. The molecule has 0 radical (unpaired) electrons. The predicted octanol–water partition coefficient (Wildman–Crippen LogP) is 4.05. The average Bonchev–Trinajstić information content (AvgIpc) is 3.54. The van der Waals surface area contributed by atoms with Crippen molar-refractivity contribution in [3.05, 3.63) is 77.8 Å². The Morgan fingerprint density at radius 1 is 1.11 bits per heavy atom. The molecule has 1 fully saturated rings. The fourth-order valence-corrected chi connectivity index (χ4v) is 4.49. The fourth-order valence-electron chi connectivity index (χ4n) is 4.49. The van der Waals surface area contributed by atoms with Crippen LogP contribution in [0.15, 0.2) is 59.1 Å². The summed E-state index contributed by atoms with van der Waals surface area (Å²) < 4.78 is 21.8. The van der Waals surface area contributed by atoms with Crippen molar-refractivity contribution in [2.75, 3.05) is 25.0 Å². The zero-order valence-electron chi connectivity index (χ0n) is 20.9. The molecule has 3 N–H and O–H groups in total. The Morgan fingerprint density at radius 3 is 2.57 bits per heavy atom. The van der Waals surface area contributed by atoms with Gasteiger partial charge in [-0.25, -0.2) is 9.18 Å². The Morgan fingerprint density at radius 2 is 1.86 bits per heavy atom. The maximum atomic E-state index is 14.0. The second-order valence-electron chi connectivity index (χ2n) is 9.19. The summed E-state index contributed by atoms with van der Waals surface area (Å²) >= 11 is 0. The third-order valence-corrected chi connectivity index (χ3v) is 6.56. The van der Waals surface area contributed by atoms with Gasteiger partial charge in [-0.15, -0.1) is 0 Å². The van der Waals surface area contributed by atoms with E-state index in [9.17, 15) is 18.8 Å². The van der Waals surface area contributed by atoms with E-state index < -0.39 is 5.82 Å². The third kappa shape index (κ3) is 6.38. The summed E-state index contributed by atoms with van der Waals surface area (Å²) in [5.74, 6) is -0.359. The van der Waals surface area contributed by atoms with Crippen LogP contribution in [0, 0.1) is 11.7 Å². The van der Waals surface area contributed by atoms with E-state index in [0.717, 1.165) is 12.1 Å². The Kier molecular flexibility index (Phi) is 8.27. The van der Waals surface area contributed by atoms with Crippen molar-refractivity contribution in [1.82, 2.24) is 14.4 Å². The van der Waals surface area contributed by atoms with E-state index in [4.69, 9.17) is 10.2 Å². The number of aromatic nitrogens is 1. The zero-order valence-corrected chi connectivity index (χ0v) is 20.9. The molecule has 3 heterocycles. The van der Waals surface area contributed by atoms with Crippen LogP contribution in [-0.4, -0.2) is 51.8 Å². The number of nitrogens with one attached hydrogen (secondary N) is 1. The van der Waals surface area contributed by atoms with Gasteiger partial charge in [0.2, 0.25) is 5.91 Å². The number of amides is 4. The lowest BCUT2D eigenvalue weighted by molar-refractivity contribution is -0.123. The predicted molar refractivity (Wildman–Crippen MR) is 136 cm³/mol. The number of halogens is 1. The van der Waals surface area contributed by atoms with Gasteiger partial charge in [0.15, 0.2) is 5.76 Å². The Hall–Kier alpha value is -4.08. The first-order valence-corrected chi connectivity index (χ1v) is 12.5. The highest BCUT2D eigenvalue weighted by Crippen LogP contribution is 2.21. The van der Waals surface area contributed by atoms with Gasteiger partial charge in [0, 0.05) is 37.4 Å². The maximum absolute atomic E-state index is 14.0. The molecule has 0 atom stereocenters. The standard InChI is InChI=1S/C27H32FN5O4/c1-2-13-33(27(36)30-23-8-4-3-7-22(23)28)17-20-6-5-14-32(20)18-21-9-10-24(37-21)26(35)31-15-11-19(12-16-31)25(29)34/h3-10,14,19H,2,11-13,15-18H2,1H3,(H2,29,34)(H,30,36). The van der Waals surface area contributed by atoms with Gasteiger partial charge >= 0.3 is 6.03 Å². The minimum atomic E-state index is -0.490. The molecule has 9 nitrogen and oxygen atoms in total. The molecule has 0 spiro atoms. The van der Waals surface area contributed by atoms with Gasteiger partial charge in [0.25, 0.3) is 5.91 Å². The Labute approximate surface area is 215 Å². The molecule has 4 amide bonds. The van der Waals surface area contributed by atoms with Crippen LogP contribution in [0.1, 0.15) is 48.2 Å². The van der Waals surface area contributed by atoms with Gasteiger partial charge in [-0.2, -0.15) is 0 Å². The molecule has 1 saturated heterocycles. The number of carbonyl (C=O) groups is 3. The summed E-state index contributed by atoms with van der Waals surface area (Å²) in [6, 6.07) is 12.9. The van der Waals surface area contributed by atoms with Gasteiger partial charge in [-0.1, -0.05) is 19.1 Å². The lowest BCUT2D eigenvalue weighted by Gasteiger charge is -2.29. The topological polar surface area (TPSA) is 114 Å². The molecular weight excluding hydrogens is 477 g/mol. The molecule has 1 aliphatic heterocycles. The number of carbonyl (C=O) groups excluding carboxylic acids is 3. The molecule has 0 aliphatic carbocycles. The molecule has 0 bridgehead atoms. The van der Waals surface area contributed by atoms with Crippen molar-refractivity contribution in [2.24, 2.45) is 11.7 Å². The minimum absolute atomic E-state index is 0.135. The number of anilines is 1. The highest BCUT2D eigenvalue weighted by atomic mass is 19.1. The molecule has 0 saturated carbocycles. The van der Waals surface area contributed by atoms with Crippen molar-refractivity contribution in [3.8, 4) is 0 Å². The Bertz CT molecular complexity index is 1240. The molecule has 4 rings (SSSR count). The van der Waals surface area contributed by atoms with Gasteiger partial charge < -0.3 is 29.8 Å². The van der Waals surface area contributed by atoms with Crippen LogP contribution >= 0.6 is 0 Å². The van der Waals surface area contributed by atoms with E-state index in [0.29, 0.717) is 51.3 Å². The van der Waals surface area contributed by atoms with Crippen LogP contribution < -0.4 is 11.1 Å². The largest absolute Gasteiger partial charge is 0.454 e. The van der Waals surface area contributed by atoms with Crippen LogP contribution in [0.25, 0.3) is 0 Å². The van der Waals surface area contributed by atoms with Crippen LogP contribution in [0.2, 0.25) is 0 Å². The molecule has 1 aromatic carbocycles. The fraction of sp³-hybridized carbons (Fsp3) is 0.370.